The maximum absolute atomic E-state index is 12.1. The van der Waals surface area contributed by atoms with Gasteiger partial charge >= 0.3 is 0 Å². The molecule has 0 aliphatic carbocycles. The van der Waals surface area contributed by atoms with Gasteiger partial charge in [0.05, 0.1) is 4.88 Å². The van der Waals surface area contributed by atoms with Crippen molar-refractivity contribution in [1.82, 2.24) is 4.90 Å². The Morgan fingerprint density at radius 3 is 2.73 bits per heavy atom. The number of hydrogen-bond donors (Lipinski definition) is 0. The van der Waals surface area contributed by atoms with Crippen LogP contribution < -0.4 is 0 Å². The summed E-state index contributed by atoms with van der Waals surface area (Å²) in [4.78, 5) is 15.6. The van der Waals surface area contributed by atoms with Gasteiger partial charge in [-0.1, -0.05) is 15.9 Å². The minimum atomic E-state index is 0.210. The first kappa shape index (κ1) is 11.1. The third-order valence-corrected chi connectivity index (χ3v) is 4.69. The van der Waals surface area contributed by atoms with Gasteiger partial charge in [0.1, 0.15) is 0 Å². The summed E-state index contributed by atoms with van der Waals surface area (Å²) in [6.07, 6.45) is 2.13. The summed E-state index contributed by atoms with van der Waals surface area (Å²) >= 11 is 5.14. The SMILES string of the molecule is Cc1ccsc1C(=O)N1CCC(Br)CC1. The van der Waals surface area contributed by atoms with Gasteiger partial charge < -0.3 is 4.90 Å². The average Bonchev–Trinajstić information content (AvgIpc) is 2.65. The van der Waals surface area contributed by atoms with Crippen molar-refractivity contribution in [1.29, 1.82) is 0 Å². The molecule has 1 aliphatic rings. The fraction of sp³-hybridized carbons (Fsp3) is 0.545. The van der Waals surface area contributed by atoms with Crippen LogP contribution in [0.15, 0.2) is 11.4 Å². The molecule has 0 unspecified atom stereocenters. The predicted octanol–water partition coefficient (Wildman–Crippen LogP) is 3.06. The number of rotatable bonds is 1. The normalized spacial score (nSPS) is 18.1. The Morgan fingerprint density at radius 1 is 1.53 bits per heavy atom. The van der Waals surface area contributed by atoms with Gasteiger partial charge in [-0.2, -0.15) is 0 Å². The molecule has 0 aromatic carbocycles. The third-order valence-electron chi connectivity index (χ3n) is 2.77. The fourth-order valence-corrected chi connectivity index (χ4v) is 3.09. The minimum absolute atomic E-state index is 0.210. The monoisotopic (exact) mass is 287 g/mol. The number of carbonyl (C=O) groups excluding carboxylic acids is 1. The van der Waals surface area contributed by atoms with Crippen molar-refractivity contribution in [2.45, 2.75) is 24.6 Å². The third kappa shape index (κ3) is 2.42. The number of amides is 1. The van der Waals surface area contributed by atoms with Gasteiger partial charge in [-0.05, 0) is 36.8 Å². The molecule has 4 heteroatoms. The van der Waals surface area contributed by atoms with Crippen LogP contribution in [-0.4, -0.2) is 28.7 Å². The molecule has 15 heavy (non-hydrogen) atoms. The summed E-state index contributed by atoms with van der Waals surface area (Å²) in [6.45, 7) is 3.76. The molecule has 1 aromatic rings. The highest BCUT2D eigenvalue weighted by Gasteiger charge is 2.23. The second-order valence-electron chi connectivity index (χ2n) is 3.90. The molecule has 1 amide bonds. The lowest BCUT2D eigenvalue weighted by Gasteiger charge is -2.29. The van der Waals surface area contributed by atoms with E-state index in [0.717, 1.165) is 36.4 Å². The zero-order valence-electron chi connectivity index (χ0n) is 8.70. The number of alkyl halides is 1. The van der Waals surface area contributed by atoms with E-state index in [1.165, 1.54) is 0 Å². The number of likely N-dealkylation sites (tertiary alicyclic amines) is 1. The zero-order chi connectivity index (χ0) is 10.8. The van der Waals surface area contributed by atoms with E-state index < -0.39 is 0 Å². The number of aryl methyl sites for hydroxylation is 1. The van der Waals surface area contributed by atoms with Crippen LogP contribution in [0.2, 0.25) is 0 Å². The molecule has 0 spiro atoms. The largest absolute Gasteiger partial charge is 0.338 e. The van der Waals surface area contributed by atoms with Gasteiger partial charge in [0.2, 0.25) is 0 Å². The molecule has 2 rings (SSSR count). The van der Waals surface area contributed by atoms with Crippen LogP contribution in [0.5, 0.6) is 0 Å². The Kier molecular flexibility index (Phi) is 3.46. The van der Waals surface area contributed by atoms with E-state index in [4.69, 9.17) is 0 Å². The molecule has 1 saturated heterocycles. The Labute approximate surface area is 102 Å². The van der Waals surface area contributed by atoms with Crippen LogP contribution in [0.25, 0.3) is 0 Å². The van der Waals surface area contributed by atoms with E-state index in [9.17, 15) is 4.79 Å². The van der Waals surface area contributed by atoms with E-state index in [2.05, 4.69) is 15.9 Å². The number of thiophene rings is 1. The van der Waals surface area contributed by atoms with Crippen molar-refractivity contribution in [3.8, 4) is 0 Å². The Balaban J connectivity index is 2.06. The topological polar surface area (TPSA) is 20.3 Å². The lowest BCUT2D eigenvalue weighted by Crippen LogP contribution is -2.38. The van der Waals surface area contributed by atoms with Gasteiger partial charge in [-0.25, -0.2) is 0 Å². The number of hydrogen-bond acceptors (Lipinski definition) is 2. The first-order valence-corrected chi connectivity index (χ1v) is 6.95. The van der Waals surface area contributed by atoms with Crippen molar-refractivity contribution in [2.75, 3.05) is 13.1 Å². The number of carbonyl (C=O) groups is 1. The van der Waals surface area contributed by atoms with Gasteiger partial charge in [0.25, 0.3) is 5.91 Å². The second-order valence-corrected chi connectivity index (χ2v) is 6.11. The highest BCUT2D eigenvalue weighted by molar-refractivity contribution is 9.09. The van der Waals surface area contributed by atoms with Crippen molar-refractivity contribution in [2.24, 2.45) is 0 Å². The highest BCUT2D eigenvalue weighted by Crippen LogP contribution is 2.22. The molecule has 2 heterocycles. The quantitative estimate of drug-likeness (QED) is 0.727. The van der Waals surface area contributed by atoms with Crippen LogP contribution in [0.4, 0.5) is 0 Å². The highest BCUT2D eigenvalue weighted by atomic mass is 79.9. The summed E-state index contributed by atoms with van der Waals surface area (Å²) in [5.74, 6) is 0.210. The molecule has 0 radical (unpaired) electrons. The standard InChI is InChI=1S/C11H14BrNOS/c1-8-4-7-15-10(8)11(14)13-5-2-9(12)3-6-13/h4,7,9H,2-3,5-6H2,1H3. The lowest BCUT2D eigenvalue weighted by molar-refractivity contribution is 0.0732. The first-order valence-electron chi connectivity index (χ1n) is 5.16. The molecule has 82 valence electrons. The minimum Gasteiger partial charge on any atom is -0.338 e. The molecule has 1 aromatic heterocycles. The van der Waals surface area contributed by atoms with Gasteiger partial charge in [0.15, 0.2) is 0 Å². The van der Waals surface area contributed by atoms with Gasteiger partial charge in [0, 0.05) is 17.9 Å². The predicted molar refractivity (Wildman–Crippen MR) is 66.9 cm³/mol. The van der Waals surface area contributed by atoms with E-state index in [1.54, 1.807) is 11.3 Å². The molecular weight excluding hydrogens is 274 g/mol. The number of nitrogens with zero attached hydrogens (tertiary/aromatic N) is 1. The summed E-state index contributed by atoms with van der Waals surface area (Å²) in [6, 6.07) is 2.01. The molecule has 0 N–H and O–H groups in total. The van der Waals surface area contributed by atoms with Crippen molar-refractivity contribution < 1.29 is 4.79 Å². The fourth-order valence-electron chi connectivity index (χ4n) is 1.79. The zero-order valence-corrected chi connectivity index (χ0v) is 11.1. The maximum Gasteiger partial charge on any atom is 0.264 e. The van der Waals surface area contributed by atoms with Crippen LogP contribution >= 0.6 is 27.3 Å². The van der Waals surface area contributed by atoms with Crippen LogP contribution in [0.3, 0.4) is 0 Å². The smallest absolute Gasteiger partial charge is 0.264 e. The molecule has 0 atom stereocenters. The van der Waals surface area contributed by atoms with Crippen LogP contribution in [0, 0.1) is 6.92 Å². The average molecular weight is 288 g/mol. The summed E-state index contributed by atoms with van der Waals surface area (Å²) in [7, 11) is 0. The van der Waals surface area contributed by atoms with E-state index in [-0.39, 0.29) is 5.91 Å². The number of piperidine rings is 1. The molecule has 0 saturated carbocycles. The summed E-state index contributed by atoms with van der Waals surface area (Å²) in [5.41, 5.74) is 1.10. The van der Waals surface area contributed by atoms with Gasteiger partial charge in [-0.3, -0.25) is 4.79 Å². The maximum atomic E-state index is 12.1. The molecule has 0 bridgehead atoms. The Morgan fingerprint density at radius 2 is 2.20 bits per heavy atom. The Bertz CT molecular complexity index is 355. The van der Waals surface area contributed by atoms with E-state index >= 15 is 0 Å². The summed E-state index contributed by atoms with van der Waals surface area (Å²) in [5, 5.41) is 1.99. The summed E-state index contributed by atoms with van der Waals surface area (Å²) < 4.78 is 0. The Hall–Kier alpha value is -0.350. The van der Waals surface area contributed by atoms with E-state index in [0.29, 0.717) is 4.83 Å². The van der Waals surface area contributed by atoms with Gasteiger partial charge in [-0.15, -0.1) is 11.3 Å². The van der Waals surface area contributed by atoms with Crippen molar-refractivity contribution in [3.05, 3.63) is 21.9 Å². The molecule has 2 nitrogen and oxygen atoms in total. The molecule has 1 fully saturated rings. The first-order chi connectivity index (χ1) is 7.18. The lowest BCUT2D eigenvalue weighted by atomic mass is 10.1. The number of halogens is 1. The van der Waals surface area contributed by atoms with Crippen LogP contribution in [0.1, 0.15) is 28.1 Å². The molecular formula is C11H14BrNOS. The van der Waals surface area contributed by atoms with Crippen molar-refractivity contribution >= 4 is 33.2 Å². The van der Waals surface area contributed by atoms with E-state index in [1.807, 2.05) is 23.3 Å². The second kappa shape index (κ2) is 4.66. The van der Waals surface area contributed by atoms with Crippen LogP contribution in [-0.2, 0) is 0 Å². The van der Waals surface area contributed by atoms with Crippen molar-refractivity contribution in [3.63, 3.8) is 0 Å². The molecule has 1 aliphatic heterocycles.